The molecule has 0 aliphatic carbocycles. The van der Waals surface area contributed by atoms with Crippen LogP contribution >= 0.6 is 0 Å². The minimum Gasteiger partial charge on any atom is -0.339 e. The molecule has 0 aromatic rings. The molecule has 98 valence electrons. The van der Waals surface area contributed by atoms with Crippen molar-refractivity contribution in [3.8, 4) is 0 Å². The lowest BCUT2D eigenvalue weighted by Gasteiger charge is -2.45. The summed E-state index contributed by atoms with van der Waals surface area (Å²) in [5, 5.41) is 6.64. The van der Waals surface area contributed by atoms with Crippen LogP contribution in [0.15, 0.2) is 0 Å². The molecule has 2 fully saturated rings. The van der Waals surface area contributed by atoms with Gasteiger partial charge in [-0.1, -0.05) is 0 Å². The first-order chi connectivity index (χ1) is 8.17. The molecule has 0 unspecified atom stereocenters. The largest absolute Gasteiger partial charge is 0.339 e. The fraction of sp³-hybridized carbons (Fsp3) is 0.917. The Hall–Kier alpha value is -0.650. The molecule has 2 saturated heterocycles. The molecule has 0 radical (unpaired) electrons. The van der Waals surface area contributed by atoms with Crippen molar-refractivity contribution in [3.05, 3.63) is 0 Å². The van der Waals surface area contributed by atoms with Gasteiger partial charge in [0.25, 0.3) is 0 Å². The number of rotatable bonds is 2. The van der Waals surface area contributed by atoms with E-state index in [-0.39, 0.29) is 5.54 Å². The van der Waals surface area contributed by atoms with E-state index < -0.39 is 0 Å². The van der Waals surface area contributed by atoms with Gasteiger partial charge in [-0.25, -0.2) is 0 Å². The van der Waals surface area contributed by atoms with Crippen LogP contribution in [0.2, 0.25) is 0 Å². The zero-order chi connectivity index (χ0) is 12.3. The highest BCUT2D eigenvalue weighted by Crippen LogP contribution is 2.26. The van der Waals surface area contributed by atoms with Crippen molar-refractivity contribution in [2.24, 2.45) is 0 Å². The van der Waals surface area contributed by atoms with E-state index in [1.807, 2.05) is 19.0 Å². The molecular formula is C12H24N4O. The van der Waals surface area contributed by atoms with Crippen molar-refractivity contribution in [2.45, 2.75) is 18.4 Å². The molecule has 1 amide bonds. The molecule has 0 aromatic heterocycles. The van der Waals surface area contributed by atoms with Gasteiger partial charge in [0.15, 0.2) is 0 Å². The van der Waals surface area contributed by atoms with Gasteiger partial charge < -0.3 is 15.5 Å². The van der Waals surface area contributed by atoms with Crippen LogP contribution in [-0.4, -0.2) is 74.6 Å². The van der Waals surface area contributed by atoms with Crippen molar-refractivity contribution < 1.29 is 4.79 Å². The molecule has 2 aliphatic heterocycles. The molecule has 0 spiro atoms. The number of piperazine rings is 1. The molecule has 2 rings (SSSR count). The van der Waals surface area contributed by atoms with Crippen LogP contribution in [0.5, 0.6) is 0 Å². The molecule has 2 aliphatic rings. The summed E-state index contributed by atoms with van der Waals surface area (Å²) < 4.78 is 0. The van der Waals surface area contributed by atoms with Gasteiger partial charge in [0, 0.05) is 26.2 Å². The number of nitrogens with one attached hydrogen (secondary N) is 2. The van der Waals surface area contributed by atoms with Crippen LogP contribution in [0.1, 0.15) is 12.8 Å². The van der Waals surface area contributed by atoms with E-state index in [2.05, 4.69) is 15.5 Å². The Morgan fingerprint density at radius 2 is 1.59 bits per heavy atom. The molecular weight excluding hydrogens is 216 g/mol. The quantitative estimate of drug-likeness (QED) is 0.657. The highest BCUT2D eigenvalue weighted by Gasteiger charge is 2.43. The number of carbonyl (C=O) groups is 1. The summed E-state index contributed by atoms with van der Waals surface area (Å²) in [6.07, 6.45) is 1.84. The van der Waals surface area contributed by atoms with Gasteiger partial charge >= 0.3 is 0 Å². The maximum atomic E-state index is 12.7. The first-order valence-electron chi connectivity index (χ1n) is 6.55. The van der Waals surface area contributed by atoms with E-state index in [4.69, 9.17) is 0 Å². The average molecular weight is 240 g/mol. The van der Waals surface area contributed by atoms with Crippen LogP contribution in [0.4, 0.5) is 0 Å². The lowest BCUT2D eigenvalue weighted by Crippen LogP contribution is -2.63. The number of hydrogen-bond acceptors (Lipinski definition) is 4. The van der Waals surface area contributed by atoms with E-state index in [0.29, 0.717) is 5.91 Å². The van der Waals surface area contributed by atoms with Gasteiger partial charge in [-0.15, -0.1) is 0 Å². The van der Waals surface area contributed by atoms with Crippen molar-refractivity contribution >= 4 is 5.91 Å². The Kier molecular flexibility index (Phi) is 4.01. The zero-order valence-electron chi connectivity index (χ0n) is 11.0. The number of carbonyl (C=O) groups excluding carboxylic acids is 1. The minimum atomic E-state index is -0.275. The summed E-state index contributed by atoms with van der Waals surface area (Å²) in [6.45, 7) is 5.43. The van der Waals surface area contributed by atoms with Crippen molar-refractivity contribution in [1.29, 1.82) is 0 Å². The van der Waals surface area contributed by atoms with E-state index in [9.17, 15) is 4.79 Å². The van der Waals surface area contributed by atoms with Gasteiger partial charge in [-0.2, -0.15) is 0 Å². The van der Waals surface area contributed by atoms with Gasteiger partial charge in [0.2, 0.25) is 5.91 Å². The Labute approximate surface area is 104 Å². The Balaban J connectivity index is 2.11. The van der Waals surface area contributed by atoms with Crippen LogP contribution in [0.3, 0.4) is 0 Å². The number of amides is 1. The first-order valence-corrected chi connectivity index (χ1v) is 6.55. The summed E-state index contributed by atoms with van der Waals surface area (Å²) in [6, 6.07) is 0. The topological polar surface area (TPSA) is 47.6 Å². The first kappa shape index (κ1) is 12.8. The summed E-state index contributed by atoms with van der Waals surface area (Å²) in [5.74, 6) is 0.325. The standard InChI is InChI=1S/C12H24N4O/c1-15(2)12(3-5-13-6-4-12)11(17)16-9-7-14-8-10-16/h13-14H,3-10H2,1-2H3. The molecule has 0 saturated carbocycles. The third-order valence-corrected chi connectivity index (χ3v) is 4.09. The predicted octanol–water partition coefficient (Wildman–Crippen LogP) is -0.898. The summed E-state index contributed by atoms with van der Waals surface area (Å²) in [5.41, 5.74) is -0.275. The third kappa shape index (κ3) is 2.46. The Morgan fingerprint density at radius 3 is 2.12 bits per heavy atom. The summed E-state index contributed by atoms with van der Waals surface area (Å²) in [7, 11) is 4.07. The molecule has 5 nitrogen and oxygen atoms in total. The highest BCUT2D eigenvalue weighted by molar-refractivity contribution is 5.86. The van der Waals surface area contributed by atoms with Crippen LogP contribution < -0.4 is 10.6 Å². The molecule has 0 aromatic carbocycles. The van der Waals surface area contributed by atoms with Crippen molar-refractivity contribution in [3.63, 3.8) is 0 Å². The van der Waals surface area contributed by atoms with Crippen LogP contribution in [0.25, 0.3) is 0 Å². The second kappa shape index (κ2) is 5.33. The molecule has 5 heteroatoms. The third-order valence-electron chi connectivity index (χ3n) is 4.09. The summed E-state index contributed by atoms with van der Waals surface area (Å²) >= 11 is 0. The molecule has 0 atom stereocenters. The fourth-order valence-corrected chi connectivity index (χ4v) is 2.85. The van der Waals surface area contributed by atoms with Crippen LogP contribution in [-0.2, 0) is 4.79 Å². The second-order valence-corrected chi connectivity index (χ2v) is 5.22. The van der Waals surface area contributed by atoms with Gasteiger partial charge in [0.05, 0.1) is 0 Å². The lowest BCUT2D eigenvalue weighted by molar-refractivity contribution is -0.145. The average Bonchev–Trinajstić information content (AvgIpc) is 2.39. The summed E-state index contributed by atoms with van der Waals surface area (Å²) in [4.78, 5) is 16.9. The van der Waals surface area contributed by atoms with Crippen LogP contribution in [0, 0.1) is 0 Å². The monoisotopic (exact) mass is 240 g/mol. The Morgan fingerprint density at radius 1 is 1.06 bits per heavy atom. The maximum Gasteiger partial charge on any atom is 0.243 e. The number of likely N-dealkylation sites (N-methyl/N-ethyl adjacent to an activating group) is 1. The van der Waals surface area contributed by atoms with Gasteiger partial charge in [0.1, 0.15) is 5.54 Å². The van der Waals surface area contributed by atoms with Crippen molar-refractivity contribution in [2.75, 3.05) is 53.4 Å². The Bertz CT molecular complexity index is 268. The minimum absolute atomic E-state index is 0.275. The lowest BCUT2D eigenvalue weighted by atomic mass is 9.85. The van der Waals surface area contributed by atoms with E-state index in [1.165, 1.54) is 0 Å². The zero-order valence-corrected chi connectivity index (χ0v) is 11.0. The molecule has 2 heterocycles. The predicted molar refractivity (Wildman–Crippen MR) is 68.0 cm³/mol. The number of piperidine rings is 1. The van der Waals surface area contributed by atoms with E-state index in [1.54, 1.807) is 0 Å². The van der Waals surface area contributed by atoms with Gasteiger partial charge in [-0.05, 0) is 40.0 Å². The normalized spacial score (nSPS) is 25.0. The van der Waals surface area contributed by atoms with E-state index >= 15 is 0 Å². The van der Waals surface area contributed by atoms with Gasteiger partial charge in [-0.3, -0.25) is 9.69 Å². The maximum absolute atomic E-state index is 12.7. The SMILES string of the molecule is CN(C)C1(C(=O)N2CCNCC2)CCNCC1. The molecule has 0 bridgehead atoms. The molecule has 17 heavy (non-hydrogen) atoms. The molecule has 2 N–H and O–H groups in total. The smallest absolute Gasteiger partial charge is 0.243 e. The highest BCUT2D eigenvalue weighted by atomic mass is 16.2. The second-order valence-electron chi connectivity index (χ2n) is 5.22. The van der Waals surface area contributed by atoms with Crippen molar-refractivity contribution in [1.82, 2.24) is 20.4 Å². The van der Waals surface area contributed by atoms with E-state index in [0.717, 1.165) is 52.1 Å². The number of hydrogen-bond donors (Lipinski definition) is 2. The fourth-order valence-electron chi connectivity index (χ4n) is 2.85. The number of nitrogens with zero attached hydrogens (tertiary/aromatic N) is 2.